The Kier molecular flexibility index (Phi) is 3.66. The van der Waals surface area contributed by atoms with Crippen molar-refractivity contribution < 1.29 is 0 Å². The number of pyridine rings is 1. The minimum Gasteiger partial charge on any atom is -0.337 e. The molecule has 1 N–H and O–H groups in total. The van der Waals surface area contributed by atoms with E-state index < -0.39 is 0 Å². The lowest BCUT2D eigenvalue weighted by molar-refractivity contribution is 1.27. The highest BCUT2D eigenvalue weighted by atomic mass is 35.5. The largest absolute Gasteiger partial charge is 0.337 e. The Labute approximate surface area is 130 Å². The van der Waals surface area contributed by atoms with Crippen LogP contribution in [-0.2, 0) is 0 Å². The summed E-state index contributed by atoms with van der Waals surface area (Å²) in [4.78, 5) is 11.6. The fraction of sp³-hybridized carbons (Fsp3) is 0. The van der Waals surface area contributed by atoms with Crippen LogP contribution in [0.25, 0.3) is 23.3 Å². The van der Waals surface area contributed by atoms with E-state index in [1.165, 1.54) is 0 Å². The maximum atomic E-state index is 6.10. The number of hydrogen-bond acceptors (Lipinski definition) is 2. The van der Waals surface area contributed by atoms with Crippen LogP contribution < -0.4 is 0 Å². The third kappa shape index (κ3) is 2.66. The fourth-order valence-corrected chi connectivity index (χ4v) is 2.47. The van der Waals surface area contributed by atoms with Crippen LogP contribution in [-0.4, -0.2) is 15.0 Å². The molecule has 20 heavy (non-hydrogen) atoms. The molecule has 0 saturated carbocycles. The van der Waals surface area contributed by atoms with Crippen LogP contribution in [0.1, 0.15) is 11.4 Å². The lowest BCUT2D eigenvalue weighted by Crippen LogP contribution is -1.79. The first kappa shape index (κ1) is 13.4. The second-order valence-electron chi connectivity index (χ2n) is 4.10. The average Bonchev–Trinajstić information content (AvgIpc) is 2.80. The Morgan fingerprint density at radius 3 is 2.40 bits per heavy atom. The van der Waals surface area contributed by atoms with Crippen molar-refractivity contribution in [2.24, 2.45) is 0 Å². The minimum atomic E-state index is 0.411. The maximum Gasteiger partial charge on any atom is 0.179 e. The molecule has 0 aliphatic rings. The molecule has 0 saturated heterocycles. The SMILES string of the molecule is Clc1ccc2[nH]c(/C=C/c3c(Cl)cccc3Cl)nc2n1. The summed E-state index contributed by atoms with van der Waals surface area (Å²) in [6.45, 7) is 0. The number of H-pyrrole nitrogens is 1. The van der Waals surface area contributed by atoms with Gasteiger partial charge in [0, 0.05) is 15.6 Å². The third-order valence-corrected chi connectivity index (χ3v) is 3.61. The number of aromatic amines is 1. The molecule has 2 aromatic heterocycles. The first-order valence-corrected chi connectivity index (χ1v) is 6.91. The van der Waals surface area contributed by atoms with Gasteiger partial charge in [-0.15, -0.1) is 0 Å². The van der Waals surface area contributed by atoms with Crippen molar-refractivity contribution in [2.45, 2.75) is 0 Å². The van der Waals surface area contributed by atoms with Crippen LogP contribution in [0.2, 0.25) is 15.2 Å². The fourth-order valence-electron chi connectivity index (χ4n) is 1.80. The van der Waals surface area contributed by atoms with Gasteiger partial charge in [-0.2, -0.15) is 0 Å². The molecule has 0 aliphatic heterocycles. The van der Waals surface area contributed by atoms with Gasteiger partial charge in [0.2, 0.25) is 0 Å². The molecule has 0 spiro atoms. The summed E-state index contributed by atoms with van der Waals surface area (Å²) in [6.07, 6.45) is 3.60. The summed E-state index contributed by atoms with van der Waals surface area (Å²) >= 11 is 18.0. The van der Waals surface area contributed by atoms with Crippen LogP contribution in [0.3, 0.4) is 0 Å². The van der Waals surface area contributed by atoms with Crippen molar-refractivity contribution in [3.05, 3.63) is 56.9 Å². The van der Waals surface area contributed by atoms with E-state index in [9.17, 15) is 0 Å². The van der Waals surface area contributed by atoms with Crippen molar-refractivity contribution in [1.82, 2.24) is 15.0 Å². The zero-order valence-corrected chi connectivity index (χ0v) is 12.3. The second-order valence-corrected chi connectivity index (χ2v) is 5.30. The molecule has 3 aromatic rings. The Morgan fingerprint density at radius 2 is 1.65 bits per heavy atom. The van der Waals surface area contributed by atoms with E-state index in [2.05, 4.69) is 15.0 Å². The summed E-state index contributed by atoms with van der Waals surface area (Å²) < 4.78 is 0. The topological polar surface area (TPSA) is 41.6 Å². The van der Waals surface area contributed by atoms with E-state index in [4.69, 9.17) is 34.8 Å². The molecule has 0 aliphatic carbocycles. The van der Waals surface area contributed by atoms with Crippen molar-refractivity contribution in [2.75, 3.05) is 0 Å². The molecule has 0 unspecified atom stereocenters. The number of hydrogen-bond donors (Lipinski definition) is 1. The van der Waals surface area contributed by atoms with Crippen LogP contribution >= 0.6 is 34.8 Å². The molecule has 0 radical (unpaired) electrons. The van der Waals surface area contributed by atoms with Crippen LogP contribution in [0.4, 0.5) is 0 Å². The summed E-state index contributed by atoms with van der Waals surface area (Å²) in [7, 11) is 0. The Morgan fingerprint density at radius 1 is 0.900 bits per heavy atom. The Balaban J connectivity index is 1.98. The number of halogens is 3. The van der Waals surface area contributed by atoms with Crippen molar-refractivity contribution >= 4 is 58.1 Å². The van der Waals surface area contributed by atoms with Gasteiger partial charge >= 0.3 is 0 Å². The van der Waals surface area contributed by atoms with Crippen LogP contribution in [0.5, 0.6) is 0 Å². The van der Waals surface area contributed by atoms with E-state index in [1.807, 2.05) is 12.1 Å². The van der Waals surface area contributed by atoms with Gasteiger partial charge in [0.15, 0.2) is 5.65 Å². The highest BCUT2D eigenvalue weighted by Crippen LogP contribution is 2.26. The molecule has 3 nitrogen and oxygen atoms in total. The third-order valence-electron chi connectivity index (χ3n) is 2.74. The van der Waals surface area contributed by atoms with E-state index >= 15 is 0 Å². The average molecular weight is 325 g/mol. The normalized spacial score (nSPS) is 11.6. The molecule has 2 heterocycles. The number of imidazole rings is 1. The van der Waals surface area contributed by atoms with Crippen molar-refractivity contribution in [3.63, 3.8) is 0 Å². The molecule has 1 aromatic carbocycles. The molecule has 0 bridgehead atoms. The summed E-state index contributed by atoms with van der Waals surface area (Å²) in [5, 5.41) is 1.59. The van der Waals surface area contributed by atoms with Gasteiger partial charge < -0.3 is 4.98 Å². The number of fused-ring (bicyclic) bond motifs is 1. The standard InChI is InChI=1S/C14H8Cl3N3/c15-9-2-1-3-10(16)8(9)4-7-13-18-11-5-6-12(17)19-14(11)20-13/h1-7H,(H,18,19,20)/b7-4+. The van der Waals surface area contributed by atoms with Gasteiger partial charge in [0.25, 0.3) is 0 Å². The molecule has 3 rings (SSSR count). The van der Waals surface area contributed by atoms with Gasteiger partial charge in [-0.3, -0.25) is 0 Å². The summed E-state index contributed by atoms with van der Waals surface area (Å²) in [5.41, 5.74) is 2.14. The molecule has 0 fully saturated rings. The number of nitrogens with zero attached hydrogens (tertiary/aromatic N) is 2. The van der Waals surface area contributed by atoms with Crippen molar-refractivity contribution in [1.29, 1.82) is 0 Å². The van der Waals surface area contributed by atoms with E-state index in [0.717, 1.165) is 11.1 Å². The monoisotopic (exact) mass is 323 g/mol. The van der Waals surface area contributed by atoms with Gasteiger partial charge in [-0.1, -0.05) is 40.9 Å². The first-order valence-electron chi connectivity index (χ1n) is 5.78. The molecular weight excluding hydrogens is 317 g/mol. The smallest absolute Gasteiger partial charge is 0.179 e. The number of aromatic nitrogens is 3. The second kappa shape index (κ2) is 5.44. The van der Waals surface area contributed by atoms with Crippen molar-refractivity contribution in [3.8, 4) is 0 Å². The maximum absolute atomic E-state index is 6.10. The lowest BCUT2D eigenvalue weighted by atomic mass is 10.2. The zero-order chi connectivity index (χ0) is 14.1. The van der Waals surface area contributed by atoms with Crippen LogP contribution in [0, 0.1) is 0 Å². The van der Waals surface area contributed by atoms with E-state index in [-0.39, 0.29) is 0 Å². The molecule has 0 amide bonds. The highest BCUT2D eigenvalue weighted by molar-refractivity contribution is 6.37. The minimum absolute atomic E-state index is 0.411. The van der Waals surface area contributed by atoms with Gasteiger partial charge in [0.05, 0.1) is 5.52 Å². The predicted octanol–water partition coefficient (Wildman–Crippen LogP) is 5.09. The summed E-state index contributed by atoms with van der Waals surface area (Å²) in [5.74, 6) is 0.658. The predicted molar refractivity (Wildman–Crippen MR) is 84.3 cm³/mol. The molecule has 0 atom stereocenters. The number of benzene rings is 1. The van der Waals surface area contributed by atoms with Crippen LogP contribution in [0.15, 0.2) is 30.3 Å². The number of nitrogens with one attached hydrogen (secondary N) is 1. The molecule has 6 heteroatoms. The molecule has 100 valence electrons. The quantitative estimate of drug-likeness (QED) is 0.667. The van der Waals surface area contributed by atoms with Gasteiger partial charge in [0.1, 0.15) is 11.0 Å². The highest BCUT2D eigenvalue weighted by Gasteiger charge is 2.04. The Hall–Kier alpha value is -1.55. The summed E-state index contributed by atoms with van der Waals surface area (Å²) in [6, 6.07) is 8.91. The van der Waals surface area contributed by atoms with Gasteiger partial charge in [-0.05, 0) is 36.4 Å². The first-order chi connectivity index (χ1) is 9.63. The Bertz CT molecular complexity index is 788. The number of rotatable bonds is 2. The molecular formula is C14H8Cl3N3. The van der Waals surface area contributed by atoms with E-state index in [0.29, 0.717) is 26.7 Å². The lowest BCUT2D eigenvalue weighted by Gasteiger charge is -1.99. The van der Waals surface area contributed by atoms with E-state index in [1.54, 1.807) is 30.3 Å². The van der Waals surface area contributed by atoms with Gasteiger partial charge in [-0.25, -0.2) is 9.97 Å². The zero-order valence-electron chi connectivity index (χ0n) is 10.1.